The van der Waals surface area contributed by atoms with E-state index in [1.807, 2.05) is 31.2 Å². The van der Waals surface area contributed by atoms with Crippen LogP contribution in [0.1, 0.15) is 49.6 Å². The van der Waals surface area contributed by atoms with Crippen molar-refractivity contribution in [2.24, 2.45) is 0 Å². The number of fused-ring (bicyclic) bond motifs is 2. The van der Waals surface area contributed by atoms with Crippen LogP contribution in [0.4, 0.5) is 0 Å². The van der Waals surface area contributed by atoms with E-state index in [2.05, 4.69) is 15.1 Å². The van der Waals surface area contributed by atoms with E-state index in [-0.39, 0.29) is 24.1 Å². The normalized spacial score (nSPS) is 24.3. The maximum atomic E-state index is 13.1. The lowest BCUT2D eigenvalue weighted by atomic mass is 10.0. The topological polar surface area (TPSA) is 84.5 Å². The maximum absolute atomic E-state index is 13.1. The van der Waals surface area contributed by atoms with Gasteiger partial charge in [-0.3, -0.25) is 10.00 Å². The number of sulfone groups is 1. The van der Waals surface area contributed by atoms with E-state index in [9.17, 15) is 8.42 Å². The monoisotopic (exact) mass is 433 g/mol. The Bertz CT molecular complexity index is 937. The first-order valence-corrected chi connectivity index (χ1v) is 12.4. The smallest absolute Gasteiger partial charge is 0.195 e. The number of aryl methyl sites for hydroxylation is 2. The van der Waals surface area contributed by atoms with E-state index in [1.54, 1.807) is 13.8 Å². The quantitative estimate of drug-likeness (QED) is 0.687. The second-order valence-electron chi connectivity index (χ2n) is 8.40. The number of ether oxygens (including phenoxy) is 2. The number of nitrogens with zero attached hydrogens (tertiary/aromatic N) is 2. The van der Waals surface area contributed by atoms with Gasteiger partial charge in [0.25, 0.3) is 0 Å². The van der Waals surface area contributed by atoms with Crippen molar-refractivity contribution in [3.8, 4) is 5.75 Å². The van der Waals surface area contributed by atoms with Crippen molar-refractivity contribution in [3.05, 3.63) is 41.2 Å². The molecule has 8 heteroatoms. The van der Waals surface area contributed by atoms with E-state index in [0.717, 1.165) is 37.0 Å². The second kappa shape index (κ2) is 8.69. The standard InChI is InChI=1S/C22H31N3O4S/c1-4-28-13-17-5-9-20(10-6-17)29-21-11-18-7-8-19(12-21)25(18)14-30(26,27)22-15(2)23-24-16(22)3/h5-6,9-10,18-19,21H,4,7-8,11-14H2,1-3H3,(H,23,24)/t18-,19+,21?. The highest BCUT2D eigenvalue weighted by Crippen LogP contribution is 2.38. The minimum Gasteiger partial charge on any atom is -0.490 e. The van der Waals surface area contributed by atoms with Gasteiger partial charge in [0.1, 0.15) is 22.6 Å². The Balaban J connectivity index is 1.39. The van der Waals surface area contributed by atoms with Crippen LogP contribution in [-0.4, -0.2) is 54.2 Å². The van der Waals surface area contributed by atoms with Crippen LogP contribution in [0, 0.1) is 13.8 Å². The fourth-order valence-electron chi connectivity index (χ4n) is 4.87. The number of aromatic nitrogens is 2. The molecule has 3 atom stereocenters. The average molecular weight is 434 g/mol. The lowest BCUT2D eigenvalue weighted by Gasteiger charge is -2.38. The minimum absolute atomic E-state index is 0.0579. The molecule has 7 nitrogen and oxygen atoms in total. The lowest BCUT2D eigenvalue weighted by Crippen LogP contribution is -2.48. The van der Waals surface area contributed by atoms with Crippen molar-refractivity contribution in [2.75, 3.05) is 12.5 Å². The first-order valence-electron chi connectivity index (χ1n) is 10.7. The zero-order valence-corrected chi connectivity index (χ0v) is 18.7. The first-order chi connectivity index (χ1) is 14.4. The predicted molar refractivity (Wildman–Crippen MR) is 114 cm³/mol. The molecule has 0 aliphatic carbocycles. The molecule has 4 rings (SSSR count). The summed E-state index contributed by atoms with van der Waals surface area (Å²) in [6.07, 6.45) is 3.89. The number of rotatable bonds is 8. The average Bonchev–Trinajstić information content (AvgIpc) is 3.15. The molecule has 1 aromatic carbocycles. The van der Waals surface area contributed by atoms with Crippen LogP contribution < -0.4 is 4.74 Å². The summed E-state index contributed by atoms with van der Waals surface area (Å²) < 4.78 is 37.8. The summed E-state index contributed by atoms with van der Waals surface area (Å²) in [7, 11) is -3.41. The Morgan fingerprint density at radius 3 is 2.37 bits per heavy atom. The fourth-order valence-corrected chi connectivity index (χ4v) is 6.82. The van der Waals surface area contributed by atoms with Gasteiger partial charge in [-0.05, 0) is 64.2 Å². The van der Waals surface area contributed by atoms with Crippen molar-refractivity contribution in [1.82, 2.24) is 15.1 Å². The Hall–Kier alpha value is -1.90. The van der Waals surface area contributed by atoms with Crippen molar-refractivity contribution < 1.29 is 17.9 Å². The molecule has 2 saturated heterocycles. The Morgan fingerprint density at radius 2 is 1.80 bits per heavy atom. The Labute approximate surface area is 178 Å². The third kappa shape index (κ3) is 4.40. The van der Waals surface area contributed by atoms with E-state index < -0.39 is 9.84 Å². The van der Waals surface area contributed by atoms with Crippen molar-refractivity contribution in [3.63, 3.8) is 0 Å². The van der Waals surface area contributed by atoms with Gasteiger partial charge in [0.15, 0.2) is 9.84 Å². The number of piperidine rings is 1. The molecule has 2 fully saturated rings. The van der Waals surface area contributed by atoms with Gasteiger partial charge in [0, 0.05) is 18.7 Å². The van der Waals surface area contributed by atoms with Crippen LogP contribution in [0.25, 0.3) is 0 Å². The number of benzene rings is 1. The third-order valence-electron chi connectivity index (χ3n) is 6.23. The summed E-state index contributed by atoms with van der Waals surface area (Å²) in [4.78, 5) is 2.53. The molecule has 0 amide bonds. The lowest BCUT2D eigenvalue weighted by molar-refractivity contribution is 0.0608. The molecule has 164 valence electrons. The van der Waals surface area contributed by atoms with Crippen molar-refractivity contribution >= 4 is 9.84 Å². The van der Waals surface area contributed by atoms with Gasteiger partial charge < -0.3 is 9.47 Å². The number of hydrogen-bond acceptors (Lipinski definition) is 6. The largest absolute Gasteiger partial charge is 0.490 e. The van der Waals surface area contributed by atoms with Gasteiger partial charge >= 0.3 is 0 Å². The third-order valence-corrected chi connectivity index (χ3v) is 8.09. The van der Waals surface area contributed by atoms with E-state index in [0.29, 0.717) is 29.5 Å². The number of nitrogens with one attached hydrogen (secondary N) is 1. The summed E-state index contributed by atoms with van der Waals surface area (Å²) in [6, 6.07) is 8.56. The molecule has 0 spiro atoms. The van der Waals surface area contributed by atoms with Gasteiger partial charge in [0.05, 0.1) is 18.0 Å². The summed E-state index contributed by atoms with van der Waals surface area (Å²) in [6.45, 7) is 6.81. The Morgan fingerprint density at radius 1 is 1.13 bits per heavy atom. The molecule has 0 radical (unpaired) electrons. The summed E-state index contributed by atoms with van der Waals surface area (Å²) >= 11 is 0. The molecule has 30 heavy (non-hydrogen) atoms. The zero-order valence-electron chi connectivity index (χ0n) is 17.9. The molecule has 2 aliphatic heterocycles. The molecule has 2 aromatic rings. The summed E-state index contributed by atoms with van der Waals surface area (Å²) in [5.41, 5.74) is 2.30. The van der Waals surface area contributed by atoms with Gasteiger partial charge in [-0.25, -0.2) is 8.42 Å². The van der Waals surface area contributed by atoms with Crippen molar-refractivity contribution in [1.29, 1.82) is 0 Å². The van der Waals surface area contributed by atoms with Gasteiger partial charge in [-0.15, -0.1) is 0 Å². The number of aromatic amines is 1. The van der Waals surface area contributed by atoms with Crippen LogP contribution in [0.5, 0.6) is 5.75 Å². The molecule has 1 aromatic heterocycles. The fraction of sp³-hybridized carbons (Fsp3) is 0.591. The van der Waals surface area contributed by atoms with Crippen LogP contribution in [0.3, 0.4) is 0 Å². The minimum atomic E-state index is -3.41. The first kappa shape index (κ1) is 21.3. The zero-order chi connectivity index (χ0) is 21.3. The summed E-state index contributed by atoms with van der Waals surface area (Å²) in [5, 5.41) is 6.85. The van der Waals surface area contributed by atoms with E-state index >= 15 is 0 Å². The predicted octanol–water partition coefficient (Wildman–Crippen LogP) is 3.37. The number of hydrogen-bond donors (Lipinski definition) is 1. The Kier molecular flexibility index (Phi) is 6.18. The molecular weight excluding hydrogens is 402 g/mol. The van der Waals surface area contributed by atoms with Crippen LogP contribution in [-0.2, 0) is 21.2 Å². The molecule has 2 aliphatic rings. The molecular formula is C22H31N3O4S. The van der Waals surface area contributed by atoms with Gasteiger partial charge in [0.2, 0.25) is 0 Å². The maximum Gasteiger partial charge on any atom is 0.195 e. The molecule has 3 heterocycles. The van der Waals surface area contributed by atoms with E-state index in [1.165, 1.54) is 0 Å². The number of H-pyrrole nitrogens is 1. The highest BCUT2D eigenvalue weighted by Gasteiger charge is 2.43. The van der Waals surface area contributed by atoms with E-state index in [4.69, 9.17) is 9.47 Å². The highest BCUT2D eigenvalue weighted by atomic mass is 32.2. The molecule has 1 unspecified atom stereocenters. The molecule has 0 saturated carbocycles. The van der Waals surface area contributed by atoms with Gasteiger partial charge in [-0.2, -0.15) is 5.10 Å². The van der Waals surface area contributed by atoms with Crippen LogP contribution in [0.15, 0.2) is 29.2 Å². The van der Waals surface area contributed by atoms with Crippen LogP contribution in [0.2, 0.25) is 0 Å². The van der Waals surface area contributed by atoms with Crippen molar-refractivity contribution in [2.45, 2.75) is 76.1 Å². The molecule has 2 bridgehead atoms. The van der Waals surface area contributed by atoms with Gasteiger partial charge in [-0.1, -0.05) is 12.1 Å². The second-order valence-corrected chi connectivity index (χ2v) is 10.3. The van der Waals surface area contributed by atoms with Crippen LogP contribution >= 0.6 is 0 Å². The summed E-state index contributed by atoms with van der Waals surface area (Å²) in [5.74, 6) is 0.924. The highest BCUT2D eigenvalue weighted by molar-refractivity contribution is 7.91. The molecule has 1 N–H and O–H groups in total. The SMILES string of the molecule is CCOCc1ccc(OC2C[C@H]3CC[C@@H](C2)N3CS(=O)(=O)c2c(C)n[nH]c2C)cc1.